The van der Waals surface area contributed by atoms with Crippen LogP contribution < -0.4 is 20.9 Å². The summed E-state index contributed by atoms with van der Waals surface area (Å²) in [6.45, 7) is 4.96. The first-order chi connectivity index (χ1) is 18.3. The van der Waals surface area contributed by atoms with Gasteiger partial charge in [0.2, 0.25) is 0 Å². The number of carbonyl (C=O) groups excluding carboxylic acids is 2. The third-order valence-electron chi connectivity index (χ3n) is 6.44. The van der Waals surface area contributed by atoms with Crippen molar-refractivity contribution in [3.63, 3.8) is 0 Å². The SMILES string of the molecule is CCC(NC(=O)c1ccc(N2CCCNCC2)c(NC(=O)c2cccc(C(F)(F)F)c2)c1)c1cccnc1. The predicted molar refractivity (Wildman–Crippen MR) is 140 cm³/mol. The fourth-order valence-electron chi connectivity index (χ4n) is 4.42. The molecule has 3 N–H and O–H groups in total. The monoisotopic (exact) mass is 525 g/mol. The molecule has 4 rings (SSSR count). The van der Waals surface area contributed by atoms with E-state index in [0.29, 0.717) is 29.9 Å². The molecule has 0 spiro atoms. The number of anilines is 2. The van der Waals surface area contributed by atoms with E-state index < -0.39 is 17.6 Å². The average Bonchev–Trinajstić information content (AvgIpc) is 3.21. The Balaban J connectivity index is 1.63. The van der Waals surface area contributed by atoms with Crippen molar-refractivity contribution < 1.29 is 22.8 Å². The Kier molecular flexibility index (Phi) is 8.62. The molecule has 2 aromatic carbocycles. The van der Waals surface area contributed by atoms with E-state index in [1.165, 1.54) is 12.1 Å². The molecule has 7 nitrogen and oxygen atoms in total. The molecule has 1 aliphatic heterocycles. The highest BCUT2D eigenvalue weighted by atomic mass is 19.4. The summed E-state index contributed by atoms with van der Waals surface area (Å²) in [6, 6.07) is 12.7. The van der Waals surface area contributed by atoms with Gasteiger partial charge in [0.05, 0.1) is 23.0 Å². The van der Waals surface area contributed by atoms with E-state index in [2.05, 4.69) is 25.8 Å². The normalized spacial score (nSPS) is 14.9. The molecule has 1 fully saturated rings. The number of amides is 2. The fraction of sp³-hybridized carbons (Fsp3) is 0.321. The van der Waals surface area contributed by atoms with Crippen molar-refractivity contribution in [2.24, 2.45) is 0 Å². The van der Waals surface area contributed by atoms with Crippen molar-refractivity contribution in [2.75, 3.05) is 36.4 Å². The summed E-state index contributed by atoms with van der Waals surface area (Å²) in [6.07, 6.45) is 0.324. The van der Waals surface area contributed by atoms with Gasteiger partial charge in [0.1, 0.15) is 0 Å². The van der Waals surface area contributed by atoms with Crippen molar-refractivity contribution in [3.05, 3.63) is 89.2 Å². The first kappa shape index (κ1) is 27.1. The van der Waals surface area contributed by atoms with Crippen LogP contribution in [0.25, 0.3) is 0 Å². The Bertz CT molecular complexity index is 1260. The second kappa shape index (κ2) is 12.1. The number of halogens is 3. The van der Waals surface area contributed by atoms with Gasteiger partial charge >= 0.3 is 6.18 Å². The maximum Gasteiger partial charge on any atom is 0.416 e. The third kappa shape index (κ3) is 6.69. The number of hydrogen-bond acceptors (Lipinski definition) is 5. The lowest BCUT2D eigenvalue weighted by molar-refractivity contribution is -0.137. The lowest BCUT2D eigenvalue weighted by Crippen LogP contribution is -2.30. The van der Waals surface area contributed by atoms with Gasteiger partial charge in [-0.1, -0.05) is 19.1 Å². The highest BCUT2D eigenvalue weighted by Gasteiger charge is 2.31. The molecule has 10 heteroatoms. The molecule has 1 aromatic heterocycles. The van der Waals surface area contributed by atoms with Gasteiger partial charge in [0.25, 0.3) is 11.8 Å². The molecule has 0 radical (unpaired) electrons. The van der Waals surface area contributed by atoms with E-state index >= 15 is 0 Å². The zero-order valence-electron chi connectivity index (χ0n) is 21.0. The van der Waals surface area contributed by atoms with Crippen LogP contribution in [0.4, 0.5) is 24.5 Å². The van der Waals surface area contributed by atoms with Gasteiger partial charge in [-0.2, -0.15) is 13.2 Å². The average molecular weight is 526 g/mol. The molecule has 1 atom stereocenters. The Morgan fingerprint density at radius 3 is 2.58 bits per heavy atom. The van der Waals surface area contributed by atoms with Crippen LogP contribution in [0.1, 0.15) is 57.7 Å². The Morgan fingerprint density at radius 2 is 1.84 bits per heavy atom. The summed E-state index contributed by atoms with van der Waals surface area (Å²) >= 11 is 0. The molecule has 0 saturated carbocycles. The number of pyridine rings is 1. The van der Waals surface area contributed by atoms with E-state index in [1.54, 1.807) is 36.7 Å². The van der Waals surface area contributed by atoms with E-state index in [4.69, 9.17) is 0 Å². The summed E-state index contributed by atoms with van der Waals surface area (Å²) in [5.41, 5.74) is 1.22. The number of aromatic nitrogens is 1. The lowest BCUT2D eigenvalue weighted by Gasteiger charge is -2.26. The number of rotatable bonds is 7. The predicted octanol–water partition coefficient (Wildman–Crippen LogP) is 5.03. The minimum Gasteiger partial charge on any atom is -0.369 e. The molecule has 0 aliphatic carbocycles. The van der Waals surface area contributed by atoms with Crippen LogP contribution in [0.3, 0.4) is 0 Å². The minimum atomic E-state index is -4.57. The molecule has 2 amide bonds. The van der Waals surface area contributed by atoms with E-state index in [9.17, 15) is 22.8 Å². The Hall–Kier alpha value is -3.92. The van der Waals surface area contributed by atoms with E-state index in [1.807, 2.05) is 13.0 Å². The summed E-state index contributed by atoms with van der Waals surface area (Å²) in [5, 5.41) is 9.09. The fourth-order valence-corrected chi connectivity index (χ4v) is 4.42. The quantitative estimate of drug-likeness (QED) is 0.403. The van der Waals surface area contributed by atoms with Crippen LogP contribution >= 0.6 is 0 Å². The zero-order valence-corrected chi connectivity index (χ0v) is 21.0. The van der Waals surface area contributed by atoms with E-state index in [-0.39, 0.29) is 17.5 Å². The van der Waals surface area contributed by atoms with Crippen molar-refractivity contribution in [3.8, 4) is 0 Å². The molecule has 38 heavy (non-hydrogen) atoms. The number of benzene rings is 2. The van der Waals surface area contributed by atoms with Crippen molar-refractivity contribution in [1.29, 1.82) is 0 Å². The number of carbonyl (C=O) groups is 2. The van der Waals surface area contributed by atoms with Crippen LogP contribution in [0.2, 0.25) is 0 Å². The number of hydrogen-bond donors (Lipinski definition) is 3. The number of nitrogens with zero attached hydrogens (tertiary/aromatic N) is 2. The molecule has 200 valence electrons. The van der Waals surface area contributed by atoms with Crippen LogP contribution in [0.15, 0.2) is 67.0 Å². The smallest absolute Gasteiger partial charge is 0.369 e. The summed E-state index contributed by atoms with van der Waals surface area (Å²) in [7, 11) is 0. The maximum absolute atomic E-state index is 13.2. The van der Waals surface area contributed by atoms with Gasteiger partial charge in [-0.25, -0.2) is 0 Å². The topological polar surface area (TPSA) is 86.4 Å². The second-order valence-electron chi connectivity index (χ2n) is 9.08. The molecule has 1 aliphatic rings. The second-order valence-corrected chi connectivity index (χ2v) is 9.08. The van der Waals surface area contributed by atoms with Crippen molar-refractivity contribution in [2.45, 2.75) is 32.0 Å². The van der Waals surface area contributed by atoms with Gasteiger partial charge in [0.15, 0.2) is 0 Å². The van der Waals surface area contributed by atoms with Gasteiger partial charge in [-0.05, 0) is 67.4 Å². The first-order valence-electron chi connectivity index (χ1n) is 12.6. The molecular weight excluding hydrogens is 495 g/mol. The molecule has 1 unspecified atom stereocenters. The van der Waals surface area contributed by atoms with Crippen LogP contribution in [0.5, 0.6) is 0 Å². The molecule has 2 heterocycles. The van der Waals surface area contributed by atoms with Gasteiger partial charge in [-0.15, -0.1) is 0 Å². The zero-order chi connectivity index (χ0) is 27.1. The Labute approximate surface area is 219 Å². The summed E-state index contributed by atoms with van der Waals surface area (Å²) in [4.78, 5) is 32.5. The van der Waals surface area contributed by atoms with E-state index in [0.717, 1.165) is 43.8 Å². The van der Waals surface area contributed by atoms with Gasteiger partial charge in [-0.3, -0.25) is 14.6 Å². The third-order valence-corrected chi connectivity index (χ3v) is 6.44. The van der Waals surface area contributed by atoms with Crippen molar-refractivity contribution in [1.82, 2.24) is 15.6 Å². The largest absolute Gasteiger partial charge is 0.416 e. The summed E-state index contributed by atoms with van der Waals surface area (Å²) < 4.78 is 39.6. The first-order valence-corrected chi connectivity index (χ1v) is 12.6. The van der Waals surface area contributed by atoms with Gasteiger partial charge < -0.3 is 20.9 Å². The lowest BCUT2D eigenvalue weighted by atomic mass is 10.1. The standard InChI is InChI=1S/C28H30F3N5O2/c1-2-23(21-7-4-11-33-18-21)34-27(38)20-9-10-25(36-14-5-12-32-13-15-36)24(17-20)35-26(37)19-6-3-8-22(16-19)28(29,30)31/h3-4,6-11,16-18,23,32H,2,5,12-15H2,1H3,(H,34,38)(H,35,37). The maximum atomic E-state index is 13.2. The van der Waals surface area contributed by atoms with Crippen molar-refractivity contribution >= 4 is 23.2 Å². The highest BCUT2D eigenvalue weighted by Crippen LogP contribution is 2.31. The molecular formula is C28H30F3N5O2. The number of alkyl halides is 3. The Morgan fingerprint density at radius 1 is 1.03 bits per heavy atom. The molecule has 1 saturated heterocycles. The minimum absolute atomic E-state index is 0.124. The van der Waals surface area contributed by atoms with Crippen LogP contribution in [-0.2, 0) is 6.18 Å². The number of nitrogens with one attached hydrogen (secondary N) is 3. The summed E-state index contributed by atoms with van der Waals surface area (Å²) in [5.74, 6) is -1.02. The van der Waals surface area contributed by atoms with Crippen LogP contribution in [-0.4, -0.2) is 43.0 Å². The van der Waals surface area contributed by atoms with Gasteiger partial charge in [0, 0.05) is 43.2 Å². The van der Waals surface area contributed by atoms with Crippen LogP contribution in [0, 0.1) is 0 Å². The molecule has 0 bridgehead atoms. The molecule has 3 aromatic rings. The highest BCUT2D eigenvalue weighted by molar-refractivity contribution is 6.07.